The largest absolute Gasteiger partial charge is 0.392 e. The van der Waals surface area contributed by atoms with Gasteiger partial charge in [0.25, 0.3) is 0 Å². The van der Waals surface area contributed by atoms with Crippen LogP contribution < -0.4 is 5.73 Å². The van der Waals surface area contributed by atoms with Crippen LogP contribution in [0.2, 0.25) is 0 Å². The van der Waals surface area contributed by atoms with Crippen LogP contribution in [0.5, 0.6) is 0 Å². The molecule has 0 bridgehead atoms. The highest BCUT2D eigenvalue weighted by atomic mass is 16.3. The van der Waals surface area contributed by atoms with Crippen molar-refractivity contribution in [3.63, 3.8) is 0 Å². The number of H-pyrrole nitrogens is 2. The molecular formula is C18H19N7O. The second kappa shape index (κ2) is 5.79. The summed E-state index contributed by atoms with van der Waals surface area (Å²) in [4.78, 5) is 14.8. The van der Waals surface area contributed by atoms with Gasteiger partial charge in [-0.25, -0.2) is 9.97 Å². The van der Waals surface area contributed by atoms with Gasteiger partial charge in [-0.1, -0.05) is 6.07 Å². The first-order chi connectivity index (χ1) is 12.7. The van der Waals surface area contributed by atoms with Crippen molar-refractivity contribution in [1.82, 2.24) is 30.0 Å². The molecule has 8 nitrogen and oxygen atoms in total. The number of aromatic amines is 2. The lowest BCUT2D eigenvalue weighted by molar-refractivity contribution is 0.174. The first-order valence-corrected chi connectivity index (χ1v) is 8.66. The highest BCUT2D eigenvalue weighted by molar-refractivity contribution is 6.06. The van der Waals surface area contributed by atoms with Crippen LogP contribution in [-0.4, -0.2) is 54.3 Å². The average molecular weight is 349 g/mol. The summed E-state index contributed by atoms with van der Waals surface area (Å²) >= 11 is 0. The first kappa shape index (κ1) is 15.3. The molecule has 1 saturated heterocycles. The third kappa shape index (κ3) is 2.51. The lowest BCUT2D eigenvalue weighted by Crippen LogP contribution is -2.22. The molecule has 1 aliphatic rings. The summed E-state index contributed by atoms with van der Waals surface area (Å²) in [7, 11) is 0. The lowest BCUT2D eigenvalue weighted by Gasteiger charge is -2.12. The number of likely N-dealkylation sites (tertiary alicyclic amines) is 1. The highest BCUT2D eigenvalue weighted by Gasteiger charge is 2.22. The minimum atomic E-state index is -0.243. The molecule has 0 spiro atoms. The summed E-state index contributed by atoms with van der Waals surface area (Å²) in [6.07, 6.45) is 2.36. The molecule has 1 aromatic carbocycles. The van der Waals surface area contributed by atoms with Crippen molar-refractivity contribution in [3.05, 3.63) is 36.3 Å². The molecule has 1 aliphatic heterocycles. The van der Waals surface area contributed by atoms with Gasteiger partial charge in [-0.15, -0.1) is 0 Å². The van der Waals surface area contributed by atoms with Crippen LogP contribution in [0.25, 0.3) is 33.2 Å². The lowest BCUT2D eigenvalue weighted by atomic mass is 10.1. The summed E-state index contributed by atoms with van der Waals surface area (Å²) in [5, 5.41) is 17.7. The average Bonchev–Trinajstić information content (AvgIpc) is 3.36. The molecule has 0 radical (unpaired) electrons. The van der Waals surface area contributed by atoms with Crippen molar-refractivity contribution in [1.29, 1.82) is 0 Å². The number of nitrogen functional groups attached to an aromatic ring is 1. The minimum absolute atomic E-state index is 0.243. The Bertz CT molecular complexity index is 1090. The molecule has 0 aliphatic carbocycles. The van der Waals surface area contributed by atoms with Crippen molar-refractivity contribution in [2.75, 3.05) is 18.8 Å². The Morgan fingerprint density at radius 3 is 2.96 bits per heavy atom. The van der Waals surface area contributed by atoms with E-state index < -0.39 is 0 Å². The Morgan fingerprint density at radius 2 is 2.19 bits per heavy atom. The summed E-state index contributed by atoms with van der Waals surface area (Å²) in [6, 6.07) is 7.95. The number of anilines is 1. The second-order valence-electron chi connectivity index (χ2n) is 6.77. The van der Waals surface area contributed by atoms with Gasteiger partial charge in [0, 0.05) is 30.2 Å². The fourth-order valence-electron chi connectivity index (χ4n) is 3.64. The van der Waals surface area contributed by atoms with E-state index in [1.807, 2.05) is 24.3 Å². The number of nitrogens with zero attached hydrogens (tertiary/aromatic N) is 4. The number of rotatable bonds is 3. The van der Waals surface area contributed by atoms with Crippen molar-refractivity contribution < 1.29 is 5.11 Å². The summed E-state index contributed by atoms with van der Waals surface area (Å²) in [5.74, 6) is 1.25. The van der Waals surface area contributed by atoms with Crippen molar-refractivity contribution in [3.8, 4) is 11.3 Å². The van der Waals surface area contributed by atoms with Crippen LogP contribution in [0, 0.1) is 0 Å². The molecule has 26 heavy (non-hydrogen) atoms. The number of aromatic nitrogens is 5. The number of hydrogen-bond donors (Lipinski definition) is 4. The van der Waals surface area contributed by atoms with Gasteiger partial charge in [-0.3, -0.25) is 10.00 Å². The summed E-state index contributed by atoms with van der Waals surface area (Å²) < 4.78 is 0. The van der Waals surface area contributed by atoms with E-state index >= 15 is 0 Å². The number of fused-ring (bicyclic) bond motifs is 3. The topological polar surface area (TPSA) is 120 Å². The third-order valence-corrected chi connectivity index (χ3v) is 4.92. The molecule has 0 saturated carbocycles. The summed E-state index contributed by atoms with van der Waals surface area (Å²) in [6.45, 7) is 2.22. The predicted octanol–water partition coefficient (Wildman–Crippen LogP) is 1.65. The summed E-state index contributed by atoms with van der Waals surface area (Å²) in [5.41, 5.74) is 10.4. The maximum atomic E-state index is 9.70. The molecule has 1 fully saturated rings. The molecule has 3 aromatic heterocycles. The predicted molar refractivity (Wildman–Crippen MR) is 99.3 cm³/mol. The molecule has 4 heterocycles. The van der Waals surface area contributed by atoms with Gasteiger partial charge in [-0.05, 0) is 24.6 Å². The Balaban J connectivity index is 1.58. The van der Waals surface area contributed by atoms with Crippen LogP contribution in [0.4, 0.5) is 5.82 Å². The van der Waals surface area contributed by atoms with E-state index in [1.54, 1.807) is 6.20 Å². The maximum absolute atomic E-state index is 9.70. The second-order valence-corrected chi connectivity index (χ2v) is 6.77. The fourth-order valence-corrected chi connectivity index (χ4v) is 3.64. The zero-order valence-corrected chi connectivity index (χ0v) is 14.1. The first-order valence-electron chi connectivity index (χ1n) is 8.66. The van der Waals surface area contributed by atoms with Crippen LogP contribution in [0.3, 0.4) is 0 Å². The molecule has 1 unspecified atom stereocenters. The van der Waals surface area contributed by atoms with E-state index in [2.05, 4.69) is 30.0 Å². The molecule has 5 N–H and O–H groups in total. The monoisotopic (exact) mass is 349 g/mol. The van der Waals surface area contributed by atoms with E-state index in [1.165, 1.54) is 0 Å². The molecule has 1 atom stereocenters. The number of β-amino-alcohol motifs (C(OH)–C–C–N with tert-alkyl or cyclic N) is 1. The Hall–Kier alpha value is -2.97. The molecule has 8 heteroatoms. The normalized spacial score (nSPS) is 18.3. The van der Waals surface area contributed by atoms with E-state index in [0.717, 1.165) is 46.5 Å². The Morgan fingerprint density at radius 1 is 1.27 bits per heavy atom. The van der Waals surface area contributed by atoms with Gasteiger partial charge in [0.05, 0.1) is 29.4 Å². The molecule has 5 rings (SSSR count). The standard InChI is InChI=1S/C18H19N7O/c19-18-17-16(22-15(23-17)9-25-6-4-11(26)8-25)12-2-1-10(7-14(12)21-18)13-3-5-20-24-13/h1-3,5,7,11,26H,4,6,8-9H2,(H2,19,21)(H,20,24)(H,22,23). The quantitative estimate of drug-likeness (QED) is 0.446. The molecule has 0 amide bonds. The minimum Gasteiger partial charge on any atom is -0.392 e. The van der Waals surface area contributed by atoms with E-state index in [4.69, 9.17) is 5.73 Å². The van der Waals surface area contributed by atoms with E-state index in [-0.39, 0.29) is 6.10 Å². The smallest absolute Gasteiger partial charge is 0.152 e. The number of benzene rings is 1. The molecular weight excluding hydrogens is 330 g/mol. The van der Waals surface area contributed by atoms with Gasteiger partial charge >= 0.3 is 0 Å². The zero-order chi connectivity index (χ0) is 17.7. The number of imidazole rings is 1. The van der Waals surface area contributed by atoms with Gasteiger partial charge in [0.1, 0.15) is 11.3 Å². The third-order valence-electron chi connectivity index (χ3n) is 4.92. The SMILES string of the molecule is Nc1nc2cc(-c3cc[nH]n3)ccc2c2[nH]c(CN3CCC(O)C3)nc12. The van der Waals surface area contributed by atoms with Crippen molar-refractivity contribution in [2.24, 2.45) is 0 Å². The van der Waals surface area contributed by atoms with Crippen molar-refractivity contribution >= 4 is 27.8 Å². The molecule has 132 valence electrons. The maximum Gasteiger partial charge on any atom is 0.152 e. The fraction of sp³-hybridized carbons (Fsp3) is 0.278. The number of pyridine rings is 1. The highest BCUT2D eigenvalue weighted by Crippen LogP contribution is 2.29. The van der Waals surface area contributed by atoms with E-state index in [9.17, 15) is 5.11 Å². The van der Waals surface area contributed by atoms with Gasteiger partial charge < -0.3 is 15.8 Å². The molecule has 4 aromatic rings. The zero-order valence-electron chi connectivity index (χ0n) is 14.1. The number of aliphatic hydroxyl groups excluding tert-OH is 1. The number of aliphatic hydroxyl groups is 1. The van der Waals surface area contributed by atoms with Crippen LogP contribution >= 0.6 is 0 Å². The van der Waals surface area contributed by atoms with Gasteiger partial charge in [-0.2, -0.15) is 5.10 Å². The van der Waals surface area contributed by atoms with Gasteiger partial charge in [0.2, 0.25) is 0 Å². The van der Waals surface area contributed by atoms with Gasteiger partial charge in [0.15, 0.2) is 5.82 Å². The van der Waals surface area contributed by atoms with Crippen LogP contribution in [0.1, 0.15) is 12.2 Å². The van der Waals surface area contributed by atoms with E-state index in [0.29, 0.717) is 24.4 Å². The Labute approximate surface area is 149 Å². The number of hydrogen-bond acceptors (Lipinski definition) is 6. The number of nitrogens with two attached hydrogens (primary N) is 1. The Kier molecular flexibility index (Phi) is 3.41. The number of nitrogens with one attached hydrogen (secondary N) is 2. The van der Waals surface area contributed by atoms with Crippen LogP contribution in [0.15, 0.2) is 30.5 Å². The van der Waals surface area contributed by atoms with Crippen molar-refractivity contribution in [2.45, 2.75) is 19.1 Å². The van der Waals surface area contributed by atoms with Crippen LogP contribution in [-0.2, 0) is 6.54 Å².